The van der Waals surface area contributed by atoms with Crippen molar-refractivity contribution < 1.29 is 14.4 Å². The minimum Gasteiger partial charge on any atom is -0.378 e. The zero-order valence-corrected chi connectivity index (χ0v) is 13.9. The predicted octanol–water partition coefficient (Wildman–Crippen LogP) is 2.16. The third-order valence-corrected chi connectivity index (χ3v) is 4.54. The van der Waals surface area contributed by atoms with Gasteiger partial charge in [-0.1, -0.05) is 25.0 Å². The van der Waals surface area contributed by atoms with E-state index in [0.29, 0.717) is 0 Å². The molecule has 0 spiro atoms. The lowest BCUT2D eigenvalue weighted by Crippen LogP contribution is -2.57. The van der Waals surface area contributed by atoms with E-state index in [9.17, 15) is 14.4 Å². The maximum absolute atomic E-state index is 12.7. The van der Waals surface area contributed by atoms with Gasteiger partial charge in [-0.15, -0.1) is 0 Å². The number of hydrogen-bond donors (Lipinski definition) is 1. The van der Waals surface area contributed by atoms with Gasteiger partial charge in [-0.25, -0.2) is 4.79 Å². The van der Waals surface area contributed by atoms with E-state index < -0.39 is 17.8 Å². The van der Waals surface area contributed by atoms with Crippen LogP contribution < -0.4 is 10.2 Å². The second kappa shape index (κ2) is 6.47. The molecule has 2 fully saturated rings. The van der Waals surface area contributed by atoms with Gasteiger partial charge in [0.1, 0.15) is 5.57 Å². The van der Waals surface area contributed by atoms with E-state index in [1.807, 2.05) is 43.3 Å². The van der Waals surface area contributed by atoms with Crippen molar-refractivity contribution in [2.75, 3.05) is 19.0 Å². The summed E-state index contributed by atoms with van der Waals surface area (Å²) in [5.41, 5.74) is 1.79. The minimum absolute atomic E-state index is 0.0131. The molecule has 1 aromatic rings. The second-order valence-corrected chi connectivity index (χ2v) is 6.42. The Bertz CT molecular complexity index is 701. The quantitative estimate of drug-likeness (QED) is 0.682. The number of amides is 4. The van der Waals surface area contributed by atoms with E-state index >= 15 is 0 Å². The molecule has 2 aliphatic rings. The Kier molecular flexibility index (Phi) is 4.38. The Morgan fingerprint density at radius 1 is 1.08 bits per heavy atom. The third kappa shape index (κ3) is 3.04. The summed E-state index contributed by atoms with van der Waals surface area (Å²) in [4.78, 5) is 40.0. The van der Waals surface area contributed by atoms with Crippen molar-refractivity contribution in [1.29, 1.82) is 0 Å². The summed E-state index contributed by atoms with van der Waals surface area (Å²) >= 11 is 0. The second-order valence-electron chi connectivity index (χ2n) is 6.42. The summed E-state index contributed by atoms with van der Waals surface area (Å²) in [6.07, 6.45) is 5.16. The molecule has 126 valence electrons. The molecule has 0 unspecified atom stereocenters. The van der Waals surface area contributed by atoms with Gasteiger partial charge in [-0.3, -0.25) is 19.8 Å². The first-order valence-electron chi connectivity index (χ1n) is 8.15. The number of rotatable bonds is 3. The molecule has 1 saturated heterocycles. The number of benzene rings is 1. The van der Waals surface area contributed by atoms with Crippen LogP contribution in [0.2, 0.25) is 0 Å². The fourth-order valence-corrected chi connectivity index (χ4v) is 3.20. The van der Waals surface area contributed by atoms with Gasteiger partial charge in [0.05, 0.1) is 0 Å². The average Bonchev–Trinajstić information content (AvgIpc) is 3.05. The normalized spacial score (nSPS) is 20.7. The molecule has 1 aliphatic carbocycles. The number of nitrogens with one attached hydrogen (secondary N) is 1. The van der Waals surface area contributed by atoms with Crippen LogP contribution in [0.25, 0.3) is 6.08 Å². The number of carbonyl (C=O) groups excluding carboxylic acids is 3. The molecule has 1 N–H and O–H groups in total. The number of barbiturate groups is 1. The highest BCUT2D eigenvalue weighted by molar-refractivity contribution is 6.31. The molecular weight excluding hydrogens is 306 g/mol. The van der Waals surface area contributed by atoms with Crippen LogP contribution in [0.1, 0.15) is 31.2 Å². The smallest absolute Gasteiger partial charge is 0.331 e. The SMILES string of the molecule is CN(C)c1ccc(/C=C2/C(=O)NC(=O)N(C3CCCC3)C2=O)cc1. The summed E-state index contributed by atoms with van der Waals surface area (Å²) in [7, 11) is 3.88. The maximum Gasteiger partial charge on any atom is 0.331 e. The summed E-state index contributed by atoms with van der Waals surface area (Å²) in [5.74, 6) is -1.12. The summed E-state index contributed by atoms with van der Waals surface area (Å²) < 4.78 is 0. The first-order chi connectivity index (χ1) is 11.5. The molecule has 24 heavy (non-hydrogen) atoms. The van der Waals surface area contributed by atoms with E-state index in [1.165, 1.54) is 4.90 Å². The zero-order valence-electron chi connectivity index (χ0n) is 13.9. The van der Waals surface area contributed by atoms with Gasteiger partial charge in [0, 0.05) is 25.8 Å². The van der Waals surface area contributed by atoms with Crippen molar-refractivity contribution in [3.05, 3.63) is 35.4 Å². The van der Waals surface area contributed by atoms with Crippen molar-refractivity contribution in [2.24, 2.45) is 0 Å². The maximum atomic E-state index is 12.7. The Hall–Kier alpha value is -2.63. The van der Waals surface area contributed by atoms with E-state index in [0.717, 1.165) is 36.9 Å². The van der Waals surface area contributed by atoms with Gasteiger partial charge in [0.2, 0.25) is 0 Å². The molecule has 6 heteroatoms. The third-order valence-electron chi connectivity index (χ3n) is 4.54. The van der Waals surface area contributed by atoms with Gasteiger partial charge >= 0.3 is 6.03 Å². The Morgan fingerprint density at radius 3 is 2.29 bits per heavy atom. The molecule has 3 rings (SSSR count). The summed E-state index contributed by atoms with van der Waals surface area (Å²) in [5, 5.41) is 2.29. The van der Waals surface area contributed by atoms with Crippen LogP contribution in [0.4, 0.5) is 10.5 Å². The van der Waals surface area contributed by atoms with Gasteiger partial charge in [-0.05, 0) is 36.6 Å². The van der Waals surface area contributed by atoms with Crippen molar-refractivity contribution in [3.8, 4) is 0 Å². The highest BCUT2D eigenvalue weighted by atomic mass is 16.2. The molecule has 1 saturated carbocycles. The highest BCUT2D eigenvalue weighted by Crippen LogP contribution is 2.27. The number of nitrogens with zero attached hydrogens (tertiary/aromatic N) is 2. The predicted molar refractivity (Wildman–Crippen MR) is 91.4 cm³/mol. The summed E-state index contributed by atoms with van der Waals surface area (Å²) in [6.45, 7) is 0. The van der Waals surface area contributed by atoms with E-state index in [-0.39, 0.29) is 11.6 Å². The molecular formula is C18H21N3O3. The van der Waals surface area contributed by atoms with Crippen LogP contribution in [-0.2, 0) is 9.59 Å². The van der Waals surface area contributed by atoms with Gasteiger partial charge in [-0.2, -0.15) is 0 Å². The van der Waals surface area contributed by atoms with E-state index in [4.69, 9.17) is 0 Å². The fraction of sp³-hybridized carbons (Fsp3) is 0.389. The van der Waals surface area contributed by atoms with Gasteiger partial charge in [0.15, 0.2) is 0 Å². The van der Waals surface area contributed by atoms with E-state index in [1.54, 1.807) is 6.08 Å². The van der Waals surface area contributed by atoms with Crippen molar-refractivity contribution in [3.63, 3.8) is 0 Å². The number of urea groups is 1. The molecule has 4 amide bonds. The average molecular weight is 327 g/mol. The van der Waals surface area contributed by atoms with Crippen LogP contribution >= 0.6 is 0 Å². The van der Waals surface area contributed by atoms with Crippen LogP contribution in [0.15, 0.2) is 29.8 Å². The molecule has 0 aromatic heterocycles. The summed E-state index contributed by atoms with van der Waals surface area (Å²) in [6, 6.07) is 6.81. The van der Waals surface area contributed by atoms with Crippen LogP contribution in [0.3, 0.4) is 0 Å². The van der Waals surface area contributed by atoms with Crippen molar-refractivity contribution in [1.82, 2.24) is 10.2 Å². The molecule has 1 aliphatic heterocycles. The molecule has 6 nitrogen and oxygen atoms in total. The van der Waals surface area contributed by atoms with Crippen LogP contribution in [0, 0.1) is 0 Å². The Balaban J connectivity index is 1.88. The van der Waals surface area contributed by atoms with Crippen LogP contribution in [-0.4, -0.2) is 42.9 Å². The van der Waals surface area contributed by atoms with Crippen molar-refractivity contribution >= 4 is 29.6 Å². The van der Waals surface area contributed by atoms with Gasteiger partial charge in [0.25, 0.3) is 11.8 Å². The number of carbonyl (C=O) groups is 3. The van der Waals surface area contributed by atoms with Crippen LogP contribution in [0.5, 0.6) is 0 Å². The fourth-order valence-electron chi connectivity index (χ4n) is 3.20. The molecule has 0 radical (unpaired) electrons. The Morgan fingerprint density at radius 2 is 1.71 bits per heavy atom. The largest absolute Gasteiger partial charge is 0.378 e. The number of hydrogen-bond acceptors (Lipinski definition) is 4. The lowest BCUT2D eigenvalue weighted by Gasteiger charge is -2.31. The minimum atomic E-state index is -0.629. The number of imide groups is 2. The first kappa shape index (κ1) is 16.2. The Labute approximate surface area is 141 Å². The lowest BCUT2D eigenvalue weighted by atomic mass is 10.0. The highest BCUT2D eigenvalue weighted by Gasteiger charge is 2.40. The molecule has 0 bridgehead atoms. The topological polar surface area (TPSA) is 69.7 Å². The standard InChI is InChI=1S/C18H21N3O3/c1-20(2)13-9-7-12(8-10-13)11-15-16(22)19-18(24)21(17(15)23)14-5-3-4-6-14/h7-11,14H,3-6H2,1-2H3,(H,19,22,24)/b15-11-. The zero-order chi connectivity index (χ0) is 17.3. The number of anilines is 1. The molecule has 0 atom stereocenters. The van der Waals surface area contributed by atoms with Gasteiger partial charge < -0.3 is 4.90 Å². The van der Waals surface area contributed by atoms with Crippen molar-refractivity contribution in [2.45, 2.75) is 31.7 Å². The van der Waals surface area contributed by atoms with E-state index in [2.05, 4.69) is 5.32 Å². The first-order valence-corrected chi connectivity index (χ1v) is 8.15. The molecule has 1 heterocycles. The molecule has 1 aromatic carbocycles. The monoisotopic (exact) mass is 327 g/mol. The lowest BCUT2D eigenvalue weighted by molar-refractivity contribution is -0.131.